The summed E-state index contributed by atoms with van der Waals surface area (Å²) in [5, 5.41) is 11.5. The van der Waals surface area contributed by atoms with Gasteiger partial charge in [0.1, 0.15) is 5.58 Å². The Kier molecular flexibility index (Phi) is 5.37. The summed E-state index contributed by atoms with van der Waals surface area (Å²) in [6, 6.07) is 11.7. The van der Waals surface area contributed by atoms with Crippen LogP contribution in [-0.2, 0) is 4.79 Å². The SMILES string of the molecule is CN(C)CCCN1C(=O)C(O)=C(C(=O)c2cc3ccccc3o2)[C@@H]1c1ccncc1. The van der Waals surface area contributed by atoms with Crippen molar-refractivity contribution >= 4 is 22.7 Å². The van der Waals surface area contributed by atoms with Crippen molar-refractivity contribution in [3.05, 3.63) is 77.5 Å². The van der Waals surface area contributed by atoms with Gasteiger partial charge in [0, 0.05) is 24.3 Å². The Bertz CT molecular complexity index is 1080. The van der Waals surface area contributed by atoms with Crippen molar-refractivity contribution in [3.8, 4) is 0 Å². The predicted molar refractivity (Wildman–Crippen MR) is 112 cm³/mol. The molecule has 0 saturated heterocycles. The summed E-state index contributed by atoms with van der Waals surface area (Å²) in [4.78, 5) is 33.9. The third kappa shape index (κ3) is 3.59. The molecule has 3 heterocycles. The Hall–Kier alpha value is -3.45. The third-order valence-corrected chi connectivity index (χ3v) is 5.22. The number of aliphatic hydroxyl groups is 1. The summed E-state index contributed by atoms with van der Waals surface area (Å²) in [5.74, 6) is -1.46. The summed E-state index contributed by atoms with van der Waals surface area (Å²) in [6.07, 6.45) is 3.92. The van der Waals surface area contributed by atoms with Crippen molar-refractivity contribution in [1.29, 1.82) is 0 Å². The number of carbonyl (C=O) groups excluding carboxylic acids is 2. The zero-order valence-electron chi connectivity index (χ0n) is 16.9. The van der Waals surface area contributed by atoms with Gasteiger partial charge in [0.2, 0.25) is 5.78 Å². The monoisotopic (exact) mass is 405 g/mol. The molecule has 1 amide bonds. The molecule has 0 fully saturated rings. The maximum atomic E-state index is 13.4. The smallest absolute Gasteiger partial charge is 0.290 e. The normalized spacial score (nSPS) is 16.8. The van der Waals surface area contributed by atoms with Gasteiger partial charge in [-0.1, -0.05) is 18.2 Å². The van der Waals surface area contributed by atoms with E-state index in [0.29, 0.717) is 24.1 Å². The quantitative estimate of drug-likeness (QED) is 0.607. The number of benzene rings is 1. The molecule has 0 bridgehead atoms. The second-order valence-corrected chi connectivity index (χ2v) is 7.58. The predicted octanol–water partition coefficient (Wildman–Crippen LogP) is 3.36. The lowest BCUT2D eigenvalue weighted by molar-refractivity contribution is -0.129. The van der Waals surface area contributed by atoms with Crippen molar-refractivity contribution in [1.82, 2.24) is 14.8 Å². The first-order chi connectivity index (χ1) is 14.5. The number of para-hydroxylation sites is 1. The fourth-order valence-electron chi connectivity index (χ4n) is 3.79. The fourth-order valence-corrected chi connectivity index (χ4v) is 3.79. The maximum Gasteiger partial charge on any atom is 0.290 e. The lowest BCUT2D eigenvalue weighted by Crippen LogP contribution is -2.33. The number of ketones is 1. The number of hydrogen-bond donors (Lipinski definition) is 1. The highest BCUT2D eigenvalue weighted by Gasteiger charge is 2.44. The van der Waals surface area contributed by atoms with Crippen LogP contribution in [-0.4, -0.2) is 58.8 Å². The van der Waals surface area contributed by atoms with Crippen molar-refractivity contribution in [2.24, 2.45) is 0 Å². The lowest BCUT2D eigenvalue weighted by atomic mass is 9.95. The van der Waals surface area contributed by atoms with E-state index in [4.69, 9.17) is 4.42 Å². The van der Waals surface area contributed by atoms with Crippen molar-refractivity contribution in [2.45, 2.75) is 12.5 Å². The van der Waals surface area contributed by atoms with Gasteiger partial charge in [0.25, 0.3) is 5.91 Å². The van der Waals surface area contributed by atoms with Gasteiger partial charge in [-0.3, -0.25) is 14.6 Å². The van der Waals surface area contributed by atoms with Gasteiger partial charge in [-0.25, -0.2) is 0 Å². The highest BCUT2D eigenvalue weighted by molar-refractivity contribution is 6.16. The summed E-state index contributed by atoms with van der Waals surface area (Å²) in [5.41, 5.74) is 1.33. The minimum Gasteiger partial charge on any atom is -0.503 e. The van der Waals surface area contributed by atoms with Crippen molar-refractivity contribution in [2.75, 3.05) is 27.2 Å². The molecule has 1 aromatic carbocycles. The third-order valence-electron chi connectivity index (χ3n) is 5.22. The first-order valence-corrected chi connectivity index (χ1v) is 9.79. The van der Waals surface area contributed by atoms with Crippen LogP contribution in [0.2, 0.25) is 0 Å². The molecule has 0 saturated carbocycles. The molecule has 1 N–H and O–H groups in total. The van der Waals surface area contributed by atoms with E-state index >= 15 is 0 Å². The van der Waals surface area contributed by atoms with Crippen LogP contribution in [0.15, 0.2) is 70.6 Å². The number of amides is 1. The van der Waals surface area contributed by atoms with E-state index in [9.17, 15) is 14.7 Å². The molecule has 1 atom stereocenters. The van der Waals surface area contributed by atoms with Crippen LogP contribution in [0, 0.1) is 0 Å². The standard InChI is InChI=1S/C23H23N3O4/c1-25(2)12-5-13-26-20(15-8-10-24-11-9-15)19(22(28)23(26)29)21(27)18-14-16-6-3-4-7-17(16)30-18/h3-4,6-11,14,20,28H,5,12-13H2,1-2H3/t20-/m0/s1. The molecular weight excluding hydrogens is 382 g/mol. The largest absolute Gasteiger partial charge is 0.503 e. The Morgan fingerprint density at radius 2 is 1.93 bits per heavy atom. The minimum atomic E-state index is -0.691. The van der Waals surface area contributed by atoms with Crippen LogP contribution < -0.4 is 0 Å². The van der Waals surface area contributed by atoms with Crippen LogP contribution in [0.4, 0.5) is 0 Å². The van der Waals surface area contributed by atoms with Crippen LogP contribution in [0.25, 0.3) is 11.0 Å². The highest BCUT2D eigenvalue weighted by atomic mass is 16.3. The topological polar surface area (TPSA) is 86.9 Å². The summed E-state index contributed by atoms with van der Waals surface area (Å²) in [7, 11) is 3.91. The number of carbonyl (C=O) groups is 2. The number of hydrogen-bond acceptors (Lipinski definition) is 6. The molecule has 0 aliphatic carbocycles. The molecular formula is C23H23N3O4. The van der Waals surface area contributed by atoms with E-state index in [1.54, 1.807) is 41.6 Å². The maximum absolute atomic E-state index is 13.4. The Morgan fingerprint density at radius 1 is 1.20 bits per heavy atom. The van der Waals surface area contributed by atoms with Gasteiger partial charge in [0.05, 0.1) is 11.6 Å². The van der Waals surface area contributed by atoms with Crippen molar-refractivity contribution in [3.63, 3.8) is 0 Å². The summed E-state index contributed by atoms with van der Waals surface area (Å²) >= 11 is 0. The molecule has 7 heteroatoms. The zero-order chi connectivity index (χ0) is 21.3. The number of Topliss-reactive ketones (excluding diaryl/α,β-unsaturated/α-hetero) is 1. The van der Waals surface area contributed by atoms with Gasteiger partial charge in [-0.15, -0.1) is 0 Å². The Morgan fingerprint density at radius 3 is 2.63 bits per heavy atom. The van der Waals surface area contributed by atoms with Gasteiger partial charge in [0.15, 0.2) is 11.5 Å². The molecule has 4 rings (SSSR count). The number of fused-ring (bicyclic) bond motifs is 1. The van der Waals surface area contributed by atoms with Gasteiger partial charge < -0.3 is 19.3 Å². The van der Waals surface area contributed by atoms with Crippen LogP contribution in [0.3, 0.4) is 0 Å². The van der Waals surface area contributed by atoms with E-state index in [-0.39, 0.29) is 11.3 Å². The number of nitrogens with zero attached hydrogens (tertiary/aromatic N) is 3. The second kappa shape index (κ2) is 8.12. The number of aromatic nitrogens is 1. The van der Waals surface area contributed by atoms with Crippen LogP contribution in [0.1, 0.15) is 28.6 Å². The average molecular weight is 405 g/mol. The number of furan rings is 1. The van der Waals surface area contributed by atoms with E-state index < -0.39 is 23.5 Å². The highest BCUT2D eigenvalue weighted by Crippen LogP contribution is 2.39. The molecule has 30 heavy (non-hydrogen) atoms. The molecule has 0 unspecified atom stereocenters. The van der Waals surface area contributed by atoms with Crippen LogP contribution in [0.5, 0.6) is 0 Å². The molecule has 0 radical (unpaired) electrons. The molecule has 154 valence electrons. The minimum absolute atomic E-state index is 0.0371. The average Bonchev–Trinajstić information content (AvgIpc) is 3.28. The molecule has 3 aromatic rings. The molecule has 0 spiro atoms. The lowest BCUT2D eigenvalue weighted by Gasteiger charge is -2.27. The Balaban J connectivity index is 1.73. The number of pyridine rings is 1. The van der Waals surface area contributed by atoms with Gasteiger partial charge >= 0.3 is 0 Å². The summed E-state index contributed by atoms with van der Waals surface area (Å²) in [6.45, 7) is 1.19. The van der Waals surface area contributed by atoms with E-state index in [0.717, 1.165) is 11.9 Å². The summed E-state index contributed by atoms with van der Waals surface area (Å²) < 4.78 is 5.71. The fraction of sp³-hybridized carbons (Fsp3) is 0.261. The Labute approximate surface area is 174 Å². The number of aliphatic hydroxyl groups excluding tert-OH is 1. The van der Waals surface area contributed by atoms with E-state index in [1.807, 2.05) is 37.2 Å². The van der Waals surface area contributed by atoms with E-state index in [2.05, 4.69) is 4.98 Å². The number of rotatable bonds is 7. The molecule has 2 aromatic heterocycles. The van der Waals surface area contributed by atoms with Crippen molar-refractivity contribution < 1.29 is 19.1 Å². The zero-order valence-corrected chi connectivity index (χ0v) is 16.9. The van der Waals surface area contributed by atoms with E-state index in [1.165, 1.54) is 0 Å². The van der Waals surface area contributed by atoms with Gasteiger partial charge in [-0.05, 0) is 56.9 Å². The first kappa shape index (κ1) is 19.8. The second-order valence-electron chi connectivity index (χ2n) is 7.58. The van der Waals surface area contributed by atoms with Gasteiger partial charge in [-0.2, -0.15) is 0 Å². The molecule has 1 aliphatic rings. The molecule has 7 nitrogen and oxygen atoms in total. The van der Waals surface area contributed by atoms with Crippen LogP contribution >= 0.6 is 0 Å². The molecule has 1 aliphatic heterocycles. The first-order valence-electron chi connectivity index (χ1n) is 9.79.